The molecule has 380 valence electrons. The van der Waals surface area contributed by atoms with Gasteiger partial charge < -0.3 is 39.3 Å². The molecular weight excluding hydrogens is 899 g/mol. The highest BCUT2D eigenvalue weighted by Crippen LogP contribution is 2.61. The predicted molar refractivity (Wildman–Crippen MR) is 259 cm³/mol. The summed E-state index contributed by atoms with van der Waals surface area (Å²) >= 11 is 0. The van der Waals surface area contributed by atoms with Gasteiger partial charge in [-0.15, -0.1) is 0 Å². The van der Waals surface area contributed by atoms with E-state index in [0.29, 0.717) is 84.4 Å². The molecule has 8 saturated carbocycles. The highest BCUT2D eigenvalue weighted by atomic mass is 19.1. The van der Waals surface area contributed by atoms with Crippen molar-refractivity contribution in [3.05, 3.63) is 48.0 Å². The van der Waals surface area contributed by atoms with Crippen LogP contribution in [-0.4, -0.2) is 120 Å². The van der Waals surface area contributed by atoms with E-state index in [9.17, 15) is 29.4 Å². The van der Waals surface area contributed by atoms with Crippen LogP contribution in [0.15, 0.2) is 36.4 Å². The number of amides is 4. The molecule has 2 aromatic carbocycles. The van der Waals surface area contributed by atoms with E-state index in [4.69, 9.17) is 9.47 Å². The molecular formula is C54H72F2N6O8. The molecule has 0 radical (unpaired) electrons. The first-order valence-corrected chi connectivity index (χ1v) is 26.6. The highest BCUT2D eigenvalue weighted by Gasteiger charge is 2.64. The number of benzene rings is 2. The van der Waals surface area contributed by atoms with Crippen molar-refractivity contribution in [3.8, 4) is 0 Å². The molecule has 0 aromatic heterocycles. The van der Waals surface area contributed by atoms with Crippen LogP contribution in [-0.2, 0) is 19.1 Å². The van der Waals surface area contributed by atoms with Crippen LogP contribution in [0.4, 0.5) is 41.1 Å². The normalized spacial score (nSPS) is 37.9. The average molecular weight is 971 g/mol. The van der Waals surface area contributed by atoms with Gasteiger partial charge in [0.1, 0.15) is 11.6 Å². The Morgan fingerprint density at radius 2 is 0.986 bits per heavy atom. The molecule has 6 atom stereocenters. The van der Waals surface area contributed by atoms with Crippen molar-refractivity contribution in [1.82, 2.24) is 9.80 Å². The molecule has 6 unspecified atom stereocenters. The SMILES string of the molecule is CCOC(=O)Nc1ccc(N2CCCC3(CCN(C45CC6CC(C4)C(O)C(C6)C5)C3=O)C2)c(F)c1.CCOC(=O)Nc1ccc(N2CCCC3(CCN(C45CC6CC(C4)C(O)C(C6)C5)C3=O)C2)c(F)c1. The maximum atomic E-state index is 15.1. The van der Waals surface area contributed by atoms with Crippen LogP contribution in [0.3, 0.4) is 0 Å². The summed E-state index contributed by atoms with van der Waals surface area (Å²) in [6, 6.07) is 9.37. The number of carbonyl (C=O) groups is 4. The van der Waals surface area contributed by atoms with E-state index < -0.39 is 34.7 Å². The monoisotopic (exact) mass is 971 g/mol. The van der Waals surface area contributed by atoms with E-state index in [2.05, 4.69) is 20.4 Å². The van der Waals surface area contributed by atoms with Crippen molar-refractivity contribution in [2.24, 2.45) is 46.3 Å². The van der Waals surface area contributed by atoms with Gasteiger partial charge in [0.25, 0.3) is 0 Å². The van der Waals surface area contributed by atoms with Gasteiger partial charge in [0.05, 0.1) is 47.6 Å². The lowest BCUT2D eigenvalue weighted by Crippen LogP contribution is -2.65. The van der Waals surface area contributed by atoms with Gasteiger partial charge >= 0.3 is 12.2 Å². The highest BCUT2D eigenvalue weighted by molar-refractivity contribution is 5.88. The zero-order chi connectivity index (χ0) is 48.7. The number of carbonyl (C=O) groups excluding carboxylic acids is 4. The summed E-state index contributed by atoms with van der Waals surface area (Å²) in [5, 5.41) is 26.5. The molecule has 14 nitrogen and oxygen atoms in total. The Morgan fingerprint density at radius 3 is 1.34 bits per heavy atom. The lowest BCUT2D eigenvalue weighted by atomic mass is 9.51. The average Bonchev–Trinajstić information content (AvgIpc) is 3.81. The van der Waals surface area contributed by atoms with E-state index in [1.807, 2.05) is 9.80 Å². The third-order valence-corrected chi connectivity index (χ3v) is 19.3. The number of nitrogens with zero attached hydrogens (tertiary/aromatic N) is 4. The largest absolute Gasteiger partial charge is 0.450 e. The summed E-state index contributed by atoms with van der Waals surface area (Å²) in [6.07, 6.45) is 13.8. The first-order valence-electron chi connectivity index (χ1n) is 26.6. The lowest BCUT2D eigenvalue weighted by molar-refractivity contribution is -0.168. The number of aliphatic hydroxyl groups excluding tert-OH is 2. The zero-order valence-corrected chi connectivity index (χ0v) is 40.9. The van der Waals surface area contributed by atoms with E-state index in [-0.39, 0.29) is 48.3 Å². The van der Waals surface area contributed by atoms with Crippen molar-refractivity contribution in [2.45, 2.75) is 140 Å². The number of piperidine rings is 2. The first kappa shape index (κ1) is 47.6. The Bertz CT molecular complexity index is 2200. The van der Waals surface area contributed by atoms with Crippen molar-refractivity contribution in [3.63, 3.8) is 0 Å². The van der Waals surface area contributed by atoms with Crippen LogP contribution < -0.4 is 20.4 Å². The fourth-order valence-electron chi connectivity index (χ4n) is 16.8. The van der Waals surface area contributed by atoms with Crippen LogP contribution in [0.25, 0.3) is 0 Å². The van der Waals surface area contributed by atoms with Gasteiger partial charge in [-0.2, -0.15) is 0 Å². The standard InChI is InChI=1S/2C27H36FN3O4/c2*1-2-35-25(34)29-20-4-5-22(21(28)12-20)30-8-3-6-26(16-30)7-9-31(24(26)33)27-13-17-10-18(14-27)23(32)19(11-17)15-27/h2*4-5,12,17-19,23,32H,2-3,6-11,13-16H2,1H3,(H,29,34). The van der Waals surface area contributed by atoms with Crippen molar-refractivity contribution in [2.75, 3.05) is 72.9 Å². The van der Waals surface area contributed by atoms with Crippen LogP contribution in [0, 0.1) is 58.0 Å². The van der Waals surface area contributed by atoms with Crippen LogP contribution in [0.5, 0.6) is 0 Å². The number of hydrogen-bond donors (Lipinski definition) is 4. The van der Waals surface area contributed by atoms with Crippen molar-refractivity contribution < 1.29 is 47.6 Å². The van der Waals surface area contributed by atoms with Crippen LogP contribution >= 0.6 is 0 Å². The van der Waals surface area contributed by atoms with Gasteiger partial charge in [-0.05, 0) is 188 Å². The fourth-order valence-corrected chi connectivity index (χ4v) is 16.8. The predicted octanol–water partition coefficient (Wildman–Crippen LogP) is 8.31. The molecule has 4 amide bonds. The number of hydrogen-bond acceptors (Lipinski definition) is 10. The Kier molecular flexibility index (Phi) is 12.3. The first-order chi connectivity index (χ1) is 33.6. The summed E-state index contributed by atoms with van der Waals surface area (Å²) in [6.45, 7) is 7.95. The van der Waals surface area contributed by atoms with Gasteiger partial charge in [-0.3, -0.25) is 20.2 Å². The fraction of sp³-hybridized carbons (Fsp3) is 0.704. The summed E-state index contributed by atoms with van der Waals surface area (Å²) in [5.41, 5.74) is 0.565. The Morgan fingerprint density at radius 1 is 0.600 bits per heavy atom. The summed E-state index contributed by atoms with van der Waals surface area (Å²) < 4.78 is 40.0. The number of nitrogens with one attached hydrogen (secondary N) is 2. The molecule has 12 fully saturated rings. The molecule has 4 aliphatic heterocycles. The van der Waals surface area contributed by atoms with Gasteiger partial charge in [0, 0.05) is 61.7 Å². The topological polar surface area (TPSA) is 164 Å². The van der Waals surface area contributed by atoms with Gasteiger partial charge in [0.15, 0.2) is 0 Å². The van der Waals surface area contributed by atoms with E-state index >= 15 is 8.78 Å². The zero-order valence-electron chi connectivity index (χ0n) is 40.9. The molecule has 2 aromatic rings. The summed E-state index contributed by atoms with van der Waals surface area (Å²) in [5.74, 6) is 2.31. The lowest BCUT2D eigenvalue weighted by Gasteiger charge is -2.61. The second-order valence-electron chi connectivity index (χ2n) is 23.4. The minimum atomic E-state index is -0.606. The van der Waals surface area contributed by atoms with Gasteiger partial charge in [-0.1, -0.05) is 0 Å². The molecule has 12 aliphatic rings. The summed E-state index contributed by atoms with van der Waals surface area (Å²) in [4.78, 5) is 59.9. The molecule has 8 aliphatic carbocycles. The minimum absolute atomic E-state index is 0.0791. The molecule has 16 heteroatoms. The number of aliphatic hydroxyl groups is 2. The molecule has 4 N–H and O–H groups in total. The number of likely N-dealkylation sites (tertiary alicyclic amines) is 2. The maximum Gasteiger partial charge on any atom is 0.411 e. The number of halogens is 2. The number of rotatable bonds is 8. The number of ether oxygens (including phenoxy) is 2. The Balaban J connectivity index is 0.000000152. The second-order valence-corrected chi connectivity index (χ2v) is 23.4. The van der Waals surface area contributed by atoms with Crippen LogP contribution in [0.1, 0.15) is 117 Å². The minimum Gasteiger partial charge on any atom is -0.450 e. The second kappa shape index (κ2) is 18.1. The Labute approximate surface area is 410 Å². The summed E-state index contributed by atoms with van der Waals surface area (Å²) in [7, 11) is 0. The van der Waals surface area contributed by atoms with Gasteiger partial charge in [-0.25, -0.2) is 18.4 Å². The third kappa shape index (κ3) is 8.18. The molecule has 14 rings (SSSR count). The third-order valence-electron chi connectivity index (χ3n) is 19.3. The van der Waals surface area contributed by atoms with Crippen LogP contribution in [0.2, 0.25) is 0 Å². The van der Waals surface area contributed by atoms with E-state index in [1.54, 1.807) is 38.1 Å². The smallest absolute Gasteiger partial charge is 0.411 e. The molecule has 8 bridgehead atoms. The number of anilines is 4. The molecule has 70 heavy (non-hydrogen) atoms. The van der Waals surface area contributed by atoms with Crippen molar-refractivity contribution in [1.29, 1.82) is 0 Å². The molecule has 4 saturated heterocycles. The van der Waals surface area contributed by atoms with Gasteiger partial charge in [0.2, 0.25) is 11.8 Å². The maximum absolute atomic E-state index is 15.1. The quantitative estimate of drug-likeness (QED) is 0.202. The Hall–Kier alpha value is -4.70. The van der Waals surface area contributed by atoms with E-state index in [0.717, 1.165) is 116 Å². The molecule has 4 heterocycles. The van der Waals surface area contributed by atoms with Crippen molar-refractivity contribution >= 4 is 46.8 Å². The van der Waals surface area contributed by atoms with E-state index in [1.165, 1.54) is 12.1 Å². The molecule has 2 spiro atoms.